The molecule has 0 aliphatic rings. The molecule has 98 valence electrons. The highest BCUT2D eigenvalue weighted by Crippen LogP contribution is 2.28. The van der Waals surface area contributed by atoms with Crippen LogP contribution in [0.4, 0.5) is 5.69 Å². The lowest BCUT2D eigenvalue weighted by atomic mass is 9.99. The molecule has 1 aromatic rings. The van der Waals surface area contributed by atoms with Crippen molar-refractivity contribution < 1.29 is 4.74 Å². The van der Waals surface area contributed by atoms with Gasteiger partial charge in [0.2, 0.25) is 0 Å². The number of nitrogens with zero attached hydrogens (tertiary/aromatic N) is 1. The standard InChI is InChI=1S/C15H22N2O/c1-11(2)8-12(3)10-17-15-13(9-16)6-5-7-14(15)18-4/h5-7,11-12,17H,8,10H2,1-4H3. The topological polar surface area (TPSA) is 45.0 Å². The minimum atomic E-state index is 0.571. The van der Waals surface area contributed by atoms with Gasteiger partial charge in [-0.1, -0.05) is 26.8 Å². The number of methoxy groups -OCH3 is 1. The Morgan fingerprint density at radius 1 is 1.33 bits per heavy atom. The van der Waals surface area contributed by atoms with Gasteiger partial charge < -0.3 is 10.1 Å². The van der Waals surface area contributed by atoms with Crippen LogP contribution in [0, 0.1) is 23.2 Å². The first-order valence-corrected chi connectivity index (χ1v) is 6.39. The summed E-state index contributed by atoms with van der Waals surface area (Å²) in [6.45, 7) is 7.52. The van der Waals surface area contributed by atoms with E-state index in [1.54, 1.807) is 13.2 Å². The average molecular weight is 246 g/mol. The zero-order valence-corrected chi connectivity index (χ0v) is 11.7. The van der Waals surface area contributed by atoms with Crippen molar-refractivity contribution in [3.63, 3.8) is 0 Å². The van der Waals surface area contributed by atoms with E-state index >= 15 is 0 Å². The number of ether oxygens (including phenoxy) is 1. The number of nitrogens with one attached hydrogen (secondary N) is 1. The lowest BCUT2D eigenvalue weighted by molar-refractivity contribution is 0.415. The molecular formula is C15H22N2O. The van der Waals surface area contributed by atoms with Crippen LogP contribution < -0.4 is 10.1 Å². The van der Waals surface area contributed by atoms with Crippen LogP contribution in [0.3, 0.4) is 0 Å². The summed E-state index contributed by atoms with van der Waals surface area (Å²) in [6.07, 6.45) is 1.17. The molecule has 0 amide bonds. The van der Waals surface area contributed by atoms with Crippen molar-refractivity contribution >= 4 is 5.69 Å². The maximum absolute atomic E-state index is 9.10. The summed E-state index contributed by atoms with van der Waals surface area (Å²) in [7, 11) is 1.62. The average Bonchev–Trinajstić information content (AvgIpc) is 2.34. The van der Waals surface area contributed by atoms with E-state index in [2.05, 4.69) is 32.2 Å². The van der Waals surface area contributed by atoms with Gasteiger partial charge in [0.15, 0.2) is 0 Å². The van der Waals surface area contributed by atoms with Gasteiger partial charge in [-0.05, 0) is 30.4 Å². The van der Waals surface area contributed by atoms with Crippen LogP contribution in [0.2, 0.25) is 0 Å². The molecule has 0 saturated heterocycles. The van der Waals surface area contributed by atoms with Crippen molar-refractivity contribution in [1.29, 1.82) is 5.26 Å². The summed E-state index contributed by atoms with van der Waals surface area (Å²) in [6, 6.07) is 7.70. The third-order valence-electron chi connectivity index (χ3n) is 2.87. The third-order valence-corrected chi connectivity index (χ3v) is 2.87. The predicted molar refractivity (Wildman–Crippen MR) is 74.8 cm³/mol. The number of nitriles is 1. The van der Waals surface area contributed by atoms with Gasteiger partial charge in [0.05, 0.1) is 18.4 Å². The van der Waals surface area contributed by atoms with Crippen molar-refractivity contribution in [3.8, 4) is 11.8 Å². The monoisotopic (exact) mass is 246 g/mol. The molecule has 0 saturated carbocycles. The van der Waals surface area contributed by atoms with Gasteiger partial charge in [-0.3, -0.25) is 0 Å². The van der Waals surface area contributed by atoms with E-state index in [0.717, 1.165) is 18.0 Å². The van der Waals surface area contributed by atoms with Gasteiger partial charge in [-0.15, -0.1) is 0 Å². The minimum absolute atomic E-state index is 0.571. The Hall–Kier alpha value is -1.69. The van der Waals surface area contributed by atoms with Crippen molar-refractivity contribution in [3.05, 3.63) is 23.8 Å². The highest BCUT2D eigenvalue weighted by atomic mass is 16.5. The molecule has 0 radical (unpaired) electrons. The molecule has 0 heterocycles. The number of hydrogen-bond acceptors (Lipinski definition) is 3. The Labute approximate surface area is 110 Å². The van der Waals surface area contributed by atoms with Crippen molar-refractivity contribution in [2.45, 2.75) is 27.2 Å². The van der Waals surface area contributed by atoms with Gasteiger partial charge >= 0.3 is 0 Å². The largest absolute Gasteiger partial charge is 0.495 e. The molecule has 1 rings (SSSR count). The van der Waals surface area contributed by atoms with E-state index in [1.807, 2.05) is 12.1 Å². The molecule has 0 fully saturated rings. The Bertz CT molecular complexity index is 421. The maximum atomic E-state index is 9.10. The molecule has 0 aliphatic carbocycles. The first-order valence-electron chi connectivity index (χ1n) is 6.39. The molecule has 18 heavy (non-hydrogen) atoms. The fraction of sp³-hybridized carbons (Fsp3) is 0.533. The molecule has 3 nitrogen and oxygen atoms in total. The SMILES string of the molecule is COc1cccc(C#N)c1NCC(C)CC(C)C. The Morgan fingerprint density at radius 2 is 2.06 bits per heavy atom. The summed E-state index contributed by atoms with van der Waals surface area (Å²) >= 11 is 0. The van der Waals surface area contributed by atoms with E-state index in [9.17, 15) is 0 Å². The molecule has 1 aromatic carbocycles. The quantitative estimate of drug-likeness (QED) is 0.833. The van der Waals surface area contributed by atoms with Gasteiger partial charge in [0.1, 0.15) is 11.8 Å². The number of anilines is 1. The summed E-state index contributed by atoms with van der Waals surface area (Å²) in [4.78, 5) is 0. The van der Waals surface area contributed by atoms with Crippen molar-refractivity contribution in [2.24, 2.45) is 11.8 Å². The van der Waals surface area contributed by atoms with Crippen LogP contribution in [0.1, 0.15) is 32.8 Å². The van der Waals surface area contributed by atoms with Gasteiger partial charge in [-0.2, -0.15) is 5.26 Å². The van der Waals surface area contributed by atoms with Crippen LogP contribution in [0.15, 0.2) is 18.2 Å². The van der Waals surface area contributed by atoms with Crippen molar-refractivity contribution in [2.75, 3.05) is 19.0 Å². The third kappa shape index (κ3) is 3.96. The van der Waals surface area contributed by atoms with E-state index in [4.69, 9.17) is 10.00 Å². The van der Waals surface area contributed by atoms with E-state index in [0.29, 0.717) is 17.4 Å². The van der Waals surface area contributed by atoms with E-state index in [-0.39, 0.29) is 0 Å². The number of hydrogen-bond donors (Lipinski definition) is 1. The molecule has 3 heteroatoms. The summed E-state index contributed by atoms with van der Waals surface area (Å²) in [5.74, 6) is 1.99. The first kappa shape index (κ1) is 14.4. The van der Waals surface area contributed by atoms with Crippen LogP contribution in [0.5, 0.6) is 5.75 Å². The maximum Gasteiger partial charge on any atom is 0.143 e. The van der Waals surface area contributed by atoms with Crippen LogP contribution in [0.25, 0.3) is 0 Å². The summed E-state index contributed by atoms with van der Waals surface area (Å²) < 4.78 is 5.29. The lowest BCUT2D eigenvalue weighted by Gasteiger charge is -2.17. The molecule has 0 aromatic heterocycles. The second-order valence-electron chi connectivity index (χ2n) is 5.11. The molecule has 0 aliphatic heterocycles. The number of benzene rings is 1. The molecule has 1 unspecified atom stereocenters. The second kappa shape index (κ2) is 6.90. The Morgan fingerprint density at radius 3 is 2.61 bits per heavy atom. The van der Waals surface area contributed by atoms with Crippen LogP contribution in [-0.4, -0.2) is 13.7 Å². The van der Waals surface area contributed by atoms with Crippen LogP contribution in [-0.2, 0) is 0 Å². The normalized spacial score (nSPS) is 12.0. The zero-order chi connectivity index (χ0) is 13.5. The smallest absolute Gasteiger partial charge is 0.143 e. The second-order valence-corrected chi connectivity index (χ2v) is 5.11. The fourth-order valence-corrected chi connectivity index (χ4v) is 2.14. The fourth-order valence-electron chi connectivity index (χ4n) is 2.14. The van der Waals surface area contributed by atoms with Crippen LogP contribution >= 0.6 is 0 Å². The summed E-state index contributed by atoms with van der Waals surface area (Å²) in [5, 5.41) is 12.4. The van der Waals surface area contributed by atoms with E-state index < -0.39 is 0 Å². The highest BCUT2D eigenvalue weighted by molar-refractivity contribution is 5.66. The Balaban J connectivity index is 2.74. The number of para-hydroxylation sites is 1. The van der Waals surface area contributed by atoms with Gasteiger partial charge in [0, 0.05) is 6.54 Å². The summed E-state index contributed by atoms with van der Waals surface area (Å²) in [5.41, 5.74) is 1.43. The highest BCUT2D eigenvalue weighted by Gasteiger charge is 2.10. The molecule has 1 N–H and O–H groups in total. The zero-order valence-electron chi connectivity index (χ0n) is 11.7. The number of rotatable bonds is 6. The Kier molecular flexibility index (Phi) is 5.51. The molecule has 1 atom stereocenters. The van der Waals surface area contributed by atoms with E-state index in [1.165, 1.54) is 6.42 Å². The first-order chi connectivity index (χ1) is 8.58. The molecule has 0 spiro atoms. The molecule has 0 bridgehead atoms. The molecular weight excluding hydrogens is 224 g/mol. The predicted octanol–water partition coefficient (Wildman–Crippen LogP) is 3.66. The van der Waals surface area contributed by atoms with Gasteiger partial charge in [-0.25, -0.2) is 0 Å². The minimum Gasteiger partial charge on any atom is -0.495 e. The van der Waals surface area contributed by atoms with Crippen molar-refractivity contribution in [1.82, 2.24) is 0 Å². The van der Waals surface area contributed by atoms with Gasteiger partial charge in [0.25, 0.3) is 0 Å². The lowest BCUT2D eigenvalue weighted by Crippen LogP contribution is -2.14.